The number of H-pyrrole nitrogens is 1. The monoisotopic (exact) mass is 303 g/mol. The number of ether oxygens (including phenoxy) is 1. The lowest BCUT2D eigenvalue weighted by Gasteiger charge is -2.07. The molecule has 0 saturated heterocycles. The molecule has 0 bridgehead atoms. The molecule has 0 radical (unpaired) electrons. The molecule has 0 saturated carbocycles. The highest BCUT2D eigenvalue weighted by molar-refractivity contribution is 6.08. The molecule has 0 aliphatic carbocycles. The lowest BCUT2D eigenvalue weighted by Crippen LogP contribution is -1.88. The van der Waals surface area contributed by atoms with Crippen LogP contribution in [0.1, 0.15) is 0 Å². The first kappa shape index (κ1) is 13.5. The van der Waals surface area contributed by atoms with Crippen molar-refractivity contribution in [3.8, 4) is 11.5 Å². The zero-order valence-electron chi connectivity index (χ0n) is 12.8. The number of benzene rings is 3. The fourth-order valence-electron chi connectivity index (χ4n) is 2.80. The highest BCUT2D eigenvalue weighted by Gasteiger charge is 2.06. The summed E-state index contributed by atoms with van der Waals surface area (Å²) >= 11 is 0. The number of rotatable bonds is 3. The zero-order valence-corrected chi connectivity index (χ0v) is 12.8. The Balaban J connectivity index is 1.71. The van der Waals surface area contributed by atoms with Crippen molar-refractivity contribution < 1.29 is 4.74 Å². The van der Waals surface area contributed by atoms with Crippen LogP contribution in [-0.2, 0) is 0 Å². The predicted molar refractivity (Wildman–Crippen MR) is 96.3 cm³/mol. The molecule has 3 aromatic carbocycles. The van der Waals surface area contributed by atoms with Gasteiger partial charge in [0.25, 0.3) is 0 Å². The quantitative estimate of drug-likeness (QED) is 0.479. The van der Waals surface area contributed by atoms with E-state index in [-0.39, 0.29) is 0 Å². The van der Waals surface area contributed by atoms with Gasteiger partial charge in [-0.3, -0.25) is 0 Å². The summed E-state index contributed by atoms with van der Waals surface area (Å²) in [5.74, 6) is 1.61. The Bertz CT molecular complexity index is 987. The minimum atomic E-state index is 0.755. The average Bonchev–Trinajstić information content (AvgIpc) is 2.92. The zero-order chi connectivity index (χ0) is 15.8. The van der Waals surface area contributed by atoms with E-state index in [4.69, 9.17) is 10.5 Å². The van der Waals surface area contributed by atoms with Crippen LogP contribution in [0.4, 0.5) is 11.4 Å². The van der Waals surface area contributed by atoms with Gasteiger partial charge in [-0.1, -0.05) is 6.07 Å². The van der Waals surface area contributed by atoms with Crippen LogP contribution in [0.15, 0.2) is 60.7 Å². The molecule has 4 nitrogen and oxygen atoms in total. The minimum absolute atomic E-state index is 0.755. The van der Waals surface area contributed by atoms with Crippen molar-refractivity contribution in [1.29, 1.82) is 0 Å². The van der Waals surface area contributed by atoms with Crippen molar-refractivity contribution in [2.75, 3.05) is 18.1 Å². The maximum atomic E-state index is 5.93. The third kappa shape index (κ3) is 2.44. The van der Waals surface area contributed by atoms with E-state index in [1.165, 1.54) is 5.39 Å². The van der Waals surface area contributed by atoms with Crippen LogP contribution in [0.3, 0.4) is 0 Å². The summed E-state index contributed by atoms with van der Waals surface area (Å²) in [5, 5.41) is 5.42. The first-order valence-electron chi connectivity index (χ1n) is 7.49. The number of aromatic amines is 1. The number of anilines is 2. The molecule has 4 heteroatoms. The molecule has 0 amide bonds. The van der Waals surface area contributed by atoms with E-state index < -0.39 is 0 Å². The first-order valence-corrected chi connectivity index (χ1v) is 7.49. The Hall–Kier alpha value is -3.14. The molecule has 4 aromatic rings. The van der Waals surface area contributed by atoms with E-state index in [1.54, 1.807) is 0 Å². The number of hydrogen-bond acceptors (Lipinski definition) is 3. The van der Waals surface area contributed by atoms with Gasteiger partial charge in [0, 0.05) is 40.8 Å². The van der Waals surface area contributed by atoms with Gasteiger partial charge in [-0.2, -0.15) is 0 Å². The van der Waals surface area contributed by atoms with Crippen molar-refractivity contribution in [1.82, 2.24) is 4.98 Å². The molecular formula is C19H17N3O. The Labute approximate surface area is 133 Å². The highest BCUT2D eigenvalue weighted by Crippen LogP contribution is 2.31. The molecule has 0 atom stereocenters. The molecule has 0 unspecified atom stereocenters. The van der Waals surface area contributed by atoms with Gasteiger partial charge in [-0.15, -0.1) is 0 Å². The van der Waals surface area contributed by atoms with E-state index in [0.717, 1.165) is 39.3 Å². The molecule has 0 aliphatic rings. The van der Waals surface area contributed by atoms with Crippen LogP contribution >= 0.6 is 0 Å². The summed E-state index contributed by atoms with van der Waals surface area (Å²) in [7, 11) is 1.90. The van der Waals surface area contributed by atoms with Gasteiger partial charge in [0.1, 0.15) is 11.5 Å². The first-order chi connectivity index (χ1) is 11.2. The number of fused-ring (bicyclic) bond motifs is 3. The van der Waals surface area contributed by atoms with Crippen LogP contribution in [0.2, 0.25) is 0 Å². The third-order valence-corrected chi connectivity index (χ3v) is 3.97. The Morgan fingerprint density at radius 2 is 1.48 bits per heavy atom. The molecule has 0 spiro atoms. The number of nitrogens with two attached hydrogens (primary N) is 1. The van der Waals surface area contributed by atoms with Gasteiger partial charge in [0.05, 0.1) is 5.52 Å². The number of nitrogen functional groups attached to an aromatic ring is 1. The molecular weight excluding hydrogens is 286 g/mol. The van der Waals surface area contributed by atoms with Gasteiger partial charge >= 0.3 is 0 Å². The molecule has 0 fully saturated rings. The Morgan fingerprint density at radius 1 is 0.826 bits per heavy atom. The standard InChI is InChI=1S/C19H17N3O/c1-21-13-3-5-14(6-4-13)23-15-7-9-17-16-8-2-12(20)10-18(16)22-19(17)11-15/h2-11,21-22H,20H2,1H3. The van der Waals surface area contributed by atoms with E-state index in [0.29, 0.717) is 0 Å². The average molecular weight is 303 g/mol. The number of hydrogen-bond donors (Lipinski definition) is 3. The van der Waals surface area contributed by atoms with E-state index >= 15 is 0 Å². The van der Waals surface area contributed by atoms with Gasteiger partial charge in [-0.05, 0) is 48.5 Å². The molecule has 23 heavy (non-hydrogen) atoms. The van der Waals surface area contributed by atoms with Crippen LogP contribution in [0.25, 0.3) is 21.8 Å². The maximum Gasteiger partial charge on any atom is 0.129 e. The van der Waals surface area contributed by atoms with Crippen molar-refractivity contribution in [3.05, 3.63) is 60.7 Å². The molecule has 0 aliphatic heterocycles. The van der Waals surface area contributed by atoms with E-state index in [9.17, 15) is 0 Å². The van der Waals surface area contributed by atoms with E-state index in [2.05, 4.69) is 16.4 Å². The van der Waals surface area contributed by atoms with Crippen molar-refractivity contribution in [3.63, 3.8) is 0 Å². The topological polar surface area (TPSA) is 63.1 Å². The Kier molecular flexibility index (Phi) is 3.08. The largest absolute Gasteiger partial charge is 0.457 e. The number of nitrogens with one attached hydrogen (secondary N) is 2. The van der Waals surface area contributed by atoms with Gasteiger partial charge < -0.3 is 20.8 Å². The second-order valence-corrected chi connectivity index (χ2v) is 5.51. The van der Waals surface area contributed by atoms with E-state index in [1.807, 2.05) is 61.6 Å². The summed E-state index contributed by atoms with van der Waals surface area (Å²) in [6.45, 7) is 0. The predicted octanol–water partition coefficient (Wildman–Crippen LogP) is 4.74. The van der Waals surface area contributed by atoms with Crippen LogP contribution in [-0.4, -0.2) is 12.0 Å². The van der Waals surface area contributed by atoms with Crippen LogP contribution in [0.5, 0.6) is 11.5 Å². The Morgan fingerprint density at radius 3 is 2.22 bits per heavy atom. The summed E-state index contributed by atoms with van der Waals surface area (Å²) in [6, 6.07) is 19.8. The lowest BCUT2D eigenvalue weighted by molar-refractivity contribution is 0.483. The second kappa shape index (κ2) is 5.25. The summed E-state index contributed by atoms with van der Waals surface area (Å²) in [6.07, 6.45) is 0. The molecule has 4 N–H and O–H groups in total. The fraction of sp³-hybridized carbons (Fsp3) is 0.0526. The summed E-state index contributed by atoms with van der Waals surface area (Å²) in [5.41, 5.74) is 9.74. The molecule has 1 heterocycles. The normalized spacial score (nSPS) is 11.0. The van der Waals surface area contributed by atoms with Gasteiger partial charge in [-0.25, -0.2) is 0 Å². The SMILES string of the molecule is CNc1ccc(Oc2ccc3c(c2)[nH]c2cc(N)ccc23)cc1. The summed E-state index contributed by atoms with van der Waals surface area (Å²) in [4.78, 5) is 3.39. The highest BCUT2D eigenvalue weighted by atomic mass is 16.5. The molecule has 1 aromatic heterocycles. The minimum Gasteiger partial charge on any atom is -0.457 e. The van der Waals surface area contributed by atoms with Crippen molar-refractivity contribution >= 4 is 33.2 Å². The molecule has 114 valence electrons. The smallest absolute Gasteiger partial charge is 0.129 e. The second-order valence-electron chi connectivity index (χ2n) is 5.51. The van der Waals surface area contributed by atoms with Crippen molar-refractivity contribution in [2.45, 2.75) is 0 Å². The molecule has 4 rings (SSSR count). The van der Waals surface area contributed by atoms with Gasteiger partial charge in [0.15, 0.2) is 0 Å². The fourth-order valence-corrected chi connectivity index (χ4v) is 2.80. The van der Waals surface area contributed by atoms with Gasteiger partial charge in [0.2, 0.25) is 0 Å². The third-order valence-electron chi connectivity index (χ3n) is 3.97. The van der Waals surface area contributed by atoms with Crippen LogP contribution < -0.4 is 15.8 Å². The lowest BCUT2D eigenvalue weighted by atomic mass is 10.1. The number of aromatic nitrogens is 1. The maximum absolute atomic E-state index is 5.93. The van der Waals surface area contributed by atoms with Crippen LogP contribution in [0, 0.1) is 0 Å². The van der Waals surface area contributed by atoms with Crippen molar-refractivity contribution in [2.24, 2.45) is 0 Å². The summed E-state index contributed by atoms with van der Waals surface area (Å²) < 4.78 is 5.93.